The highest BCUT2D eigenvalue weighted by Crippen LogP contribution is 2.33. The van der Waals surface area contributed by atoms with Crippen molar-refractivity contribution in [2.45, 2.75) is 18.4 Å². The monoisotopic (exact) mass is 348 g/mol. The van der Waals surface area contributed by atoms with Crippen molar-refractivity contribution in [1.29, 1.82) is 0 Å². The molecule has 19 heavy (non-hydrogen) atoms. The fraction of sp³-hybridized carbons (Fsp3) is 0.462. The lowest BCUT2D eigenvalue weighted by atomic mass is 10.2. The highest BCUT2D eigenvalue weighted by Gasteiger charge is 2.47. The molecule has 0 bridgehead atoms. The Labute approximate surface area is 127 Å². The van der Waals surface area contributed by atoms with Gasteiger partial charge in [0.1, 0.15) is 12.4 Å². The molecule has 2 N–H and O–H groups in total. The lowest BCUT2D eigenvalue weighted by Gasteiger charge is -2.20. The summed E-state index contributed by atoms with van der Waals surface area (Å²) in [6, 6.07) is 7.61. The van der Waals surface area contributed by atoms with Crippen molar-refractivity contribution in [2.24, 2.45) is 5.73 Å². The second-order valence-electron chi connectivity index (χ2n) is 4.69. The molecule has 0 spiro atoms. The number of hydrogen-bond donors (Lipinski definition) is 1. The molecular formula is C13H18BrClN2O2. The number of carbonyl (C=O) groups excluding carboxylic acids is 1. The third-order valence-corrected chi connectivity index (χ3v) is 3.60. The Morgan fingerprint density at radius 1 is 1.42 bits per heavy atom. The molecule has 0 radical (unpaired) electrons. The maximum absolute atomic E-state index is 11.9. The Balaban J connectivity index is 0.00000180. The molecule has 0 atom stereocenters. The van der Waals surface area contributed by atoms with Crippen molar-refractivity contribution in [3.8, 4) is 5.75 Å². The van der Waals surface area contributed by atoms with E-state index in [2.05, 4.69) is 15.9 Å². The molecule has 1 aromatic carbocycles. The van der Waals surface area contributed by atoms with Crippen LogP contribution in [0.5, 0.6) is 5.75 Å². The summed E-state index contributed by atoms with van der Waals surface area (Å²) in [7, 11) is 1.76. The van der Waals surface area contributed by atoms with E-state index < -0.39 is 5.54 Å². The van der Waals surface area contributed by atoms with Crippen LogP contribution >= 0.6 is 28.3 Å². The summed E-state index contributed by atoms with van der Waals surface area (Å²) < 4.78 is 6.57. The molecule has 2 rings (SSSR count). The average Bonchev–Trinajstić information content (AvgIpc) is 3.10. The summed E-state index contributed by atoms with van der Waals surface area (Å²) in [5.41, 5.74) is 5.26. The summed E-state index contributed by atoms with van der Waals surface area (Å²) in [6.07, 6.45) is 1.59. The van der Waals surface area contributed by atoms with Crippen LogP contribution in [-0.2, 0) is 4.79 Å². The van der Waals surface area contributed by atoms with Crippen molar-refractivity contribution < 1.29 is 9.53 Å². The maximum atomic E-state index is 11.9. The third-order valence-electron chi connectivity index (χ3n) is 3.07. The van der Waals surface area contributed by atoms with Gasteiger partial charge in [-0.2, -0.15) is 0 Å². The molecule has 0 heterocycles. The number of hydrogen-bond acceptors (Lipinski definition) is 3. The van der Waals surface area contributed by atoms with Crippen LogP contribution in [-0.4, -0.2) is 36.5 Å². The van der Waals surface area contributed by atoms with Crippen LogP contribution in [0.15, 0.2) is 28.7 Å². The van der Waals surface area contributed by atoms with E-state index in [1.165, 1.54) is 0 Å². The number of likely N-dealkylation sites (N-methyl/N-ethyl adjacent to an activating group) is 1. The van der Waals surface area contributed by atoms with Crippen LogP contribution in [0.2, 0.25) is 0 Å². The summed E-state index contributed by atoms with van der Waals surface area (Å²) in [5, 5.41) is 0. The first-order valence-corrected chi connectivity index (χ1v) is 6.73. The van der Waals surface area contributed by atoms with Crippen molar-refractivity contribution in [3.63, 3.8) is 0 Å². The summed E-state index contributed by atoms with van der Waals surface area (Å²) in [4.78, 5) is 13.5. The van der Waals surface area contributed by atoms with Gasteiger partial charge in [-0.25, -0.2) is 0 Å². The molecule has 0 saturated heterocycles. The van der Waals surface area contributed by atoms with E-state index in [0.29, 0.717) is 13.2 Å². The number of ether oxygens (including phenoxy) is 1. The number of carbonyl (C=O) groups is 1. The van der Waals surface area contributed by atoms with Gasteiger partial charge in [0.25, 0.3) is 0 Å². The first-order chi connectivity index (χ1) is 8.51. The largest absolute Gasteiger partial charge is 0.492 e. The van der Waals surface area contributed by atoms with E-state index in [-0.39, 0.29) is 18.3 Å². The molecular weight excluding hydrogens is 332 g/mol. The van der Waals surface area contributed by atoms with Crippen molar-refractivity contribution >= 4 is 34.2 Å². The third kappa shape index (κ3) is 4.37. The van der Waals surface area contributed by atoms with Crippen LogP contribution < -0.4 is 10.5 Å². The topological polar surface area (TPSA) is 55.6 Å². The van der Waals surface area contributed by atoms with Gasteiger partial charge in [0.2, 0.25) is 5.91 Å². The predicted molar refractivity (Wildman–Crippen MR) is 80.7 cm³/mol. The van der Waals surface area contributed by atoms with Gasteiger partial charge in [0.15, 0.2) is 0 Å². The SMILES string of the molecule is CN(CCOc1ccc(Br)cc1)C(=O)C1(N)CC1.Cl. The van der Waals surface area contributed by atoms with Gasteiger partial charge in [-0.05, 0) is 37.1 Å². The van der Waals surface area contributed by atoms with E-state index in [1.54, 1.807) is 11.9 Å². The van der Waals surface area contributed by atoms with Crippen LogP contribution in [0.1, 0.15) is 12.8 Å². The molecule has 1 amide bonds. The molecule has 1 aliphatic rings. The fourth-order valence-corrected chi connectivity index (χ4v) is 1.93. The quantitative estimate of drug-likeness (QED) is 0.886. The second-order valence-corrected chi connectivity index (χ2v) is 5.60. The molecule has 1 fully saturated rings. The van der Waals surface area contributed by atoms with E-state index in [1.807, 2.05) is 24.3 Å². The highest BCUT2D eigenvalue weighted by molar-refractivity contribution is 9.10. The molecule has 0 aromatic heterocycles. The number of benzene rings is 1. The van der Waals surface area contributed by atoms with Gasteiger partial charge < -0.3 is 15.4 Å². The van der Waals surface area contributed by atoms with Crippen molar-refractivity contribution in [3.05, 3.63) is 28.7 Å². The number of amides is 1. The van der Waals surface area contributed by atoms with E-state index in [4.69, 9.17) is 10.5 Å². The van der Waals surface area contributed by atoms with Gasteiger partial charge in [0, 0.05) is 11.5 Å². The highest BCUT2D eigenvalue weighted by atomic mass is 79.9. The lowest BCUT2D eigenvalue weighted by molar-refractivity contribution is -0.132. The normalized spacial score (nSPS) is 15.3. The number of rotatable bonds is 5. The molecule has 1 saturated carbocycles. The molecule has 0 unspecified atom stereocenters. The molecule has 106 valence electrons. The first-order valence-electron chi connectivity index (χ1n) is 5.94. The Bertz CT molecular complexity index is 435. The van der Waals surface area contributed by atoms with Gasteiger partial charge in [-0.1, -0.05) is 15.9 Å². The lowest BCUT2D eigenvalue weighted by Crippen LogP contribution is -2.45. The number of halogens is 2. The Morgan fingerprint density at radius 2 is 2.00 bits per heavy atom. The van der Waals surface area contributed by atoms with Gasteiger partial charge in [-0.3, -0.25) is 4.79 Å². The van der Waals surface area contributed by atoms with Crippen molar-refractivity contribution in [2.75, 3.05) is 20.2 Å². The fourth-order valence-electron chi connectivity index (χ4n) is 1.66. The minimum atomic E-state index is -0.591. The van der Waals surface area contributed by atoms with Crippen LogP contribution in [0, 0.1) is 0 Å². The van der Waals surface area contributed by atoms with E-state index in [9.17, 15) is 4.79 Å². The minimum absolute atomic E-state index is 0. The smallest absolute Gasteiger partial charge is 0.242 e. The Kier molecular flexibility index (Phi) is 5.64. The molecule has 0 aliphatic heterocycles. The Hall–Kier alpha value is -0.780. The van der Waals surface area contributed by atoms with E-state index >= 15 is 0 Å². The Morgan fingerprint density at radius 3 is 2.53 bits per heavy atom. The van der Waals surface area contributed by atoms with Gasteiger partial charge in [0.05, 0.1) is 12.1 Å². The summed E-state index contributed by atoms with van der Waals surface area (Å²) in [5.74, 6) is 0.815. The number of nitrogens with zero attached hydrogens (tertiary/aromatic N) is 1. The van der Waals surface area contributed by atoms with Gasteiger partial charge >= 0.3 is 0 Å². The molecule has 1 aliphatic carbocycles. The maximum Gasteiger partial charge on any atom is 0.242 e. The zero-order chi connectivity index (χ0) is 13.2. The average molecular weight is 350 g/mol. The zero-order valence-electron chi connectivity index (χ0n) is 10.8. The van der Waals surface area contributed by atoms with Crippen molar-refractivity contribution in [1.82, 2.24) is 4.90 Å². The summed E-state index contributed by atoms with van der Waals surface area (Å²) in [6.45, 7) is 1.02. The standard InChI is InChI=1S/C13H17BrN2O2.ClH/c1-16(12(17)13(15)6-7-13)8-9-18-11-4-2-10(14)3-5-11;/h2-5H,6-9,15H2,1H3;1H. The number of nitrogens with two attached hydrogens (primary N) is 1. The van der Waals surface area contributed by atoms with Crippen LogP contribution in [0.4, 0.5) is 0 Å². The van der Waals surface area contributed by atoms with Gasteiger partial charge in [-0.15, -0.1) is 12.4 Å². The minimum Gasteiger partial charge on any atom is -0.492 e. The van der Waals surface area contributed by atoms with E-state index in [0.717, 1.165) is 23.1 Å². The second kappa shape index (κ2) is 6.59. The van der Waals surface area contributed by atoms with Crippen LogP contribution in [0.25, 0.3) is 0 Å². The predicted octanol–water partition coefficient (Wildman–Crippen LogP) is 2.20. The van der Waals surface area contributed by atoms with Crippen LogP contribution in [0.3, 0.4) is 0 Å². The summed E-state index contributed by atoms with van der Waals surface area (Å²) >= 11 is 3.36. The molecule has 6 heteroatoms. The first kappa shape index (κ1) is 16.3. The zero-order valence-corrected chi connectivity index (χ0v) is 13.2. The molecule has 1 aromatic rings. The molecule has 4 nitrogen and oxygen atoms in total.